The summed E-state index contributed by atoms with van der Waals surface area (Å²) in [4.78, 5) is 9.68. The maximum atomic E-state index is 6.78. The summed E-state index contributed by atoms with van der Waals surface area (Å²) in [5, 5.41) is 0.636. The number of ether oxygens (including phenoxy) is 4. The molecule has 2 aromatic heterocycles. The third-order valence-electron chi connectivity index (χ3n) is 8.47. The Morgan fingerprint density at radius 3 is 2.29 bits per heavy atom. The largest absolute Gasteiger partial charge is 0.456 e. The predicted molar refractivity (Wildman–Crippen MR) is 176 cm³/mol. The molecular formula is C30H43BrClN3O5Si2. The number of rotatable bonds is 10. The predicted octanol–water partition coefficient (Wildman–Crippen LogP) is 7.76. The molecule has 0 aliphatic carbocycles. The first-order valence-corrected chi connectivity index (χ1v) is 22.4. The number of pyridine rings is 1. The minimum absolute atomic E-state index is 0.100. The SMILES string of the molecule is CC(C)(C)[Si](C)(C)OC1CO[C@H]2C1OC[C@H]2Oc1nc2nc(-c3ccc(Br)cc3)c(Cl)cc2n1COCC[Si](C)(C)C. The molecule has 4 heterocycles. The fraction of sp³-hybridized carbons (Fsp3) is 0.600. The second-order valence-corrected chi connectivity index (χ2v) is 25.7. The Labute approximate surface area is 264 Å². The van der Waals surface area contributed by atoms with Gasteiger partial charge in [0.1, 0.15) is 18.9 Å². The Balaban J connectivity index is 1.40. The molecule has 0 bridgehead atoms. The van der Waals surface area contributed by atoms with Crippen LogP contribution in [-0.2, 0) is 25.4 Å². The quantitative estimate of drug-likeness (QED) is 0.158. The van der Waals surface area contributed by atoms with Crippen LogP contribution in [0, 0.1) is 0 Å². The molecule has 2 unspecified atom stereocenters. The maximum absolute atomic E-state index is 6.78. The first kappa shape index (κ1) is 32.1. The Hall–Kier alpha value is -1.32. The molecule has 2 aliphatic heterocycles. The minimum Gasteiger partial charge on any atom is -0.456 e. The Morgan fingerprint density at radius 2 is 1.64 bits per heavy atom. The highest BCUT2D eigenvalue weighted by Crippen LogP contribution is 2.41. The molecule has 0 amide bonds. The summed E-state index contributed by atoms with van der Waals surface area (Å²) in [6, 6.07) is 11.3. The molecule has 2 saturated heterocycles. The van der Waals surface area contributed by atoms with Gasteiger partial charge in [0.05, 0.1) is 35.6 Å². The third-order valence-corrected chi connectivity index (χ3v) is 15.5. The number of fused-ring (bicyclic) bond motifs is 2. The zero-order valence-corrected chi connectivity index (χ0v) is 30.2. The Bertz CT molecular complexity index is 1410. The number of hydrogen-bond acceptors (Lipinski definition) is 7. The van der Waals surface area contributed by atoms with E-state index in [0.29, 0.717) is 42.2 Å². The van der Waals surface area contributed by atoms with E-state index < -0.39 is 16.4 Å². The van der Waals surface area contributed by atoms with Crippen molar-refractivity contribution >= 4 is 55.1 Å². The standard InChI is InChI=1S/C30H43BrClN3O5Si2/c1-30(2,3)42(7,8)40-24-17-38-26-23(16-37-27(24)26)39-29-34-28-22(35(29)18-36-13-14-41(4,5)6)15-21(32)25(33-28)19-9-11-20(31)12-10-19/h9-12,15,23-24,26-27H,13-14,16-18H2,1-8H3/t23-,24?,26-,27?/m1/s1. The van der Waals surface area contributed by atoms with Crippen molar-refractivity contribution in [2.75, 3.05) is 19.8 Å². The van der Waals surface area contributed by atoms with Crippen molar-refractivity contribution < 1.29 is 23.4 Å². The molecule has 0 saturated carbocycles. The van der Waals surface area contributed by atoms with Crippen molar-refractivity contribution in [2.45, 2.75) is 95.7 Å². The molecular weight excluding hydrogens is 654 g/mol. The van der Waals surface area contributed by atoms with E-state index in [9.17, 15) is 0 Å². The van der Waals surface area contributed by atoms with Crippen molar-refractivity contribution in [1.29, 1.82) is 0 Å². The van der Waals surface area contributed by atoms with Gasteiger partial charge in [-0.05, 0) is 42.4 Å². The summed E-state index contributed by atoms with van der Waals surface area (Å²) in [6.45, 7) is 20.1. The molecule has 2 aliphatic rings. The third kappa shape index (κ3) is 6.98. The summed E-state index contributed by atoms with van der Waals surface area (Å²) in [5.41, 5.74) is 2.88. The lowest BCUT2D eigenvalue weighted by molar-refractivity contribution is 0.00691. The molecule has 3 aromatic rings. The van der Waals surface area contributed by atoms with Gasteiger partial charge in [-0.1, -0.05) is 80.1 Å². The number of halogens is 2. The van der Waals surface area contributed by atoms with E-state index in [1.807, 2.05) is 34.9 Å². The highest BCUT2D eigenvalue weighted by molar-refractivity contribution is 9.10. The fourth-order valence-electron chi connectivity index (χ4n) is 4.89. The molecule has 1 aromatic carbocycles. The average Bonchev–Trinajstić information content (AvgIpc) is 3.56. The van der Waals surface area contributed by atoms with Crippen LogP contribution in [0.5, 0.6) is 6.01 Å². The normalized spacial score (nSPS) is 23.1. The van der Waals surface area contributed by atoms with Gasteiger partial charge in [-0.3, -0.25) is 4.57 Å². The van der Waals surface area contributed by atoms with Crippen molar-refractivity contribution in [2.24, 2.45) is 0 Å². The van der Waals surface area contributed by atoms with Crippen LogP contribution in [0.25, 0.3) is 22.4 Å². The summed E-state index contributed by atoms with van der Waals surface area (Å²) < 4.78 is 34.7. The molecule has 8 nitrogen and oxygen atoms in total. The smallest absolute Gasteiger partial charge is 0.301 e. The summed E-state index contributed by atoms with van der Waals surface area (Å²) in [7, 11) is -3.23. The van der Waals surface area contributed by atoms with Gasteiger partial charge in [-0.25, -0.2) is 4.98 Å². The molecule has 4 atom stereocenters. The number of imidazole rings is 1. The lowest BCUT2D eigenvalue weighted by Crippen LogP contribution is -2.47. The highest BCUT2D eigenvalue weighted by atomic mass is 79.9. The fourth-order valence-corrected chi connectivity index (χ4v) is 7.47. The van der Waals surface area contributed by atoms with Gasteiger partial charge in [0.2, 0.25) is 0 Å². The van der Waals surface area contributed by atoms with Crippen molar-refractivity contribution in [3.8, 4) is 17.3 Å². The average molecular weight is 697 g/mol. The summed E-state index contributed by atoms with van der Waals surface area (Å²) in [5.74, 6) is 0. The van der Waals surface area contributed by atoms with Crippen molar-refractivity contribution in [3.63, 3.8) is 0 Å². The first-order chi connectivity index (χ1) is 19.6. The van der Waals surface area contributed by atoms with Gasteiger partial charge in [0.15, 0.2) is 20.1 Å². The van der Waals surface area contributed by atoms with E-state index >= 15 is 0 Å². The van der Waals surface area contributed by atoms with Crippen molar-refractivity contribution in [1.82, 2.24) is 14.5 Å². The molecule has 2 fully saturated rings. The van der Waals surface area contributed by atoms with E-state index in [2.05, 4.69) is 69.4 Å². The number of benzene rings is 1. The van der Waals surface area contributed by atoms with Gasteiger partial charge in [0.25, 0.3) is 0 Å². The molecule has 0 radical (unpaired) electrons. The second-order valence-electron chi connectivity index (χ2n) is 14.0. The molecule has 230 valence electrons. The van der Waals surface area contributed by atoms with E-state index in [1.165, 1.54) is 0 Å². The van der Waals surface area contributed by atoms with Crippen LogP contribution in [0.15, 0.2) is 34.8 Å². The van der Waals surface area contributed by atoms with Crippen molar-refractivity contribution in [3.05, 3.63) is 39.8 Å². The highest BCUT2D eigenvalue weighted by Gasteiger charge is 2.52. The van der Waals surface area contributed by atoms with Crippen LogP contribution in [0.1, 0.15) is 20.8 Å². The van der Waals surface area contributed by atoms with E-state index in [1.54, 1.807) is 0 Å². The molecule has 12 heteroatoms. The minimum atomic E-state index is -1.99. The monoisotopic (exact) mass is 695 g/mol. The second kappa shape index (κ2) is 12.2. The van der Waals surface area contributed by atoms with Crippen LogP contribution < -0.4 is 4.74 Å². The topological polar surface area (TPSA) is 76.9 Å². The van der Waals surface area contributed by atoms with E-state index in [4.69, 9.17) is 44.9 Å². The van der Waals surface area contributed by atoms with Crippen LogP contribution >= 0.6 is 27.5 Å². The molecule has 42 heavy (non-hydrogen) atoms. The molecule has 0 N–H and O–H groups in total. The van der Waals surface area contributed by atoms with Gasteiger partial charge in [-0.2, -0.15) is 4.98 Å². The number of hydrogen-bond donors (Lipinski definition) is 0. The molecule has 0 spiro atoms. The lowest BCUT2D eigenvalue weighted by atomic mass is 10.1. The van der Waals surface area contributed by atoms with Gasteiger partial charge < -0.3 is 23.4 Å². The number of nitrogens with zero attached hydrogens (tertiary/aromatic N) is 3. The van der Waals surface area contributed by atoms with Gasteiger partial charge in [-0.15, -0.1) is 0 Å². The van der Waals surface area contributed by atoms with E-state index in [-0.39, 0.29) is 36.2 Å². The van der Waals surface area contributed by atoms with Crippen LogP contribution in [-0.4, -0.2) is 75.2 Å². The first-order valence-electron chi connectivity index (χ1n) is 14.6. The van der Waals surface area contributed by atoms with E-state index in [0.717, 1.165) is 21.6 Å². The zero-order chi connectivity index (χ0) is 30.4. The summed E-state index contributed by atoms with van der Waals surface area (Å²) in [6.07, 6.45) is -0.855. The zero-order valence-electron chi connectivity index (χ0n) is 25.9. The van der Waals surface area contributed by atoms with Gasteiger partial charge in [0, 0.05) is 24.7 Å². The Morgan fingerprint density at radius 1 is 1.00 bits per heavy atom. The maximum Gasteiger partial charge on any atom is 0.301 e. The summed E-state index contributed by atoms with van der Waals surface area (Å²) >= 11 is 10.3. The molecule has 5 rings (SSSR count). The number of aromatic nitrogens is 3. The lowest BCUT2D eigenvalue weighted by Gasteiger charge is -2.39. The van der Waals surface area contributed by atoms with Crippen LogP contribution in [0.2, 0.25) is 48.8 Å². The van der Waals surface area contributed by atoms with Crippen LogP contribution in [0.3, 0.4) is 0 Å². The Kier molecular flexibility index (Phi) is 9.34. The van der Waals surface area contributed by atoms with Crippen LogP contribution in [0.4, 0.5) is 0 Å². The van der Waals surface area contributed by atoms with Gasteiger partial charge >= 0.3 is 6.01 Å².